The molecule has 2 aromatic heterocycles. The first-order chi connectivity index (χ1) is 14.6. The molecule has 0 radical (unpaired) electrons. The van der Waals surface area contributed by atoms with Gasteiger partial charge in [-0.2, -0.15) is 4.98 Å². The van der Waals surface area contributed by atoms with Crippen LogP contribution in [0.1, 0.15) is 10.5 Å². The van der Waals surface area contributed by atoms with Gasteiger partial charge in [0.25, 0.3) is 5.91 Å². The average Bonchev–Trinajstić information content (AvgIpc) is 3.20. The third-order valence-corrected chi connectivity index (χ3v) is 5.32. The van der Waals surface area contributed by atoms with Crippen LogP contribution in [0.15, 0.2) is 47.1 Å². The van der Waals surface area contributed by atoms with Gasteiger partial charge in [0, 0.05) is 43.4 Å². The van der Waals surface area contributed by atoms with Gasteiger partial charge in [0.05, 0.1) is 5.39 Å². The fraction of sp³-hybridized carbons (Fsp3) is 0.238. The van der Waals surface area contributed by atoms with Crippen LogP contribution in [0.3, 0.4) is 0 Å². The molecule has 152 valence electrons. The van der Waals surface area contributed by atoms with Crippen molar-refractivity contribution in [1.82, 2.24) is 20.0 Å². The van der Waals surface area contributed by atoms with Crippen LogP contribution in [0.4, 0.5) is 5.69 Å². The molecule has 0 atom stereocenters. The molecule has 1 amide bonds. The fourth-order valence-corrected chi connectivity index (χ4v) is 3.60. The first kappa shape index (κ1) is 18.3. The van der Waals surface area contributed by atoms with Gasteiger partial charge in [-0.05, 0) is 37.4 Å². The highest BCUT2D eigenvalue weighted by molar-refractivity contribution is 6.10. The number of anilines is 1. The van der Waals surface area contributed by atoms with E-state index in [1.807, 2.05) is 24.3 Å². The third-order valence-electron chi connectivity index (χ3n) is 5.32. The number of benzene rings is 2. The molecule has 1 aliphatic heterocycles. The lowest BCUT2D eigenvalue weighted by Crippen LogP contribution is -2.44. The van der Waals surface area contributed by atoms with Crippen molar-refractivity contribution in [3.63, 3.8) is 0 Å². The summed E-state index contributed by atoms with van der Waals surface area (Å²) in [7, 11) is 2.14. The number of primary amides is 1. The van der Waals surface area contributed by atoms with Crippen molar-refractivity contribution in [2.24, 2.45) is 5.73 Å². The smallest absolute Gasteiger partial charge is 0.322 e. The molecular weight excluding hydrogens is 384 g/mol. The largest absolute Gasteiger partial charge is 0.424 e. The van der Waals surface area contributed by atoms with Crippen LogP contribution >= 0.6 is 0 Å². The summed E-state index contributed by atoms with van der Waals surface area (Å²) in [6.07, 6.45) is 1.64. The molecule has 0 bridgehead atoms. The van der Waals surface area contributed by atoms with E-state index in [1.54, 1.807) is 18.3 Å². The summed E-state index contributed by atoms with van der Waals surface area (Å²) in [5, 5.41) is 5.01. The Balaban J connectivity index is 1.41. The van der Waals surface area contributed by atoms with Crippen molar-refractivity contribution in [2.45, 2.75) is 0 Å². The minimum Gasteiger partial charge on any atom is -0.424 e. The molecule has 9 heteroatoms. The van der Waals surface area contributed by atoms with Crippen LogP contribution in [0.2, 0.25) is 0 Å². The maximum Gasteiger partial charge on any atom is 0.322 e. The van der Waals surface area contributed by atoms with Crippen LogP contribution in [0.25, 0.3) is 21.9 Å². The van der Waals surface area contributed by atoms with Gasteiger partial charge >= 0.3 is 6.01 Å². The number of piperazine rings is 1. The number of aromatic nitrogens is 3. The second-order valence-corrected chi connectivity index (χ2v) is 7.31. The number of fused-ring (bicyclic) bond motifs is 3. The molecule has 2 N–H and O–H groups in total. The monoisotopic (exact) mass is 404 g/mol. The van der Waals surface area contributed by atoms with E-state index in [1.165, 1.54) is 0 Å². The number of nitrogens with two attached hydrogens (primary N) is 1. The zero-order valence-corrected chi connectivity index (χ0v) is 16.4. The van der Waals surface area contributed by atoms with Crippen molar-refractivity contribution in [2.75, 3.05) is 38.1 Å². The molecule has 0 saturated carbocycles. The summed E-state index contributed by atoms with van der Waals surface area (Å²) in [4.78, 5) is 24.9. The van der Waals surface area contributed by atoms with Gasteiger partial charge in [-0.3, -0.25) is 4.79 Å². The number of hydrogen-bond donors (Lipinski definition) is 1. The molecule has 30 heavy (non-hydrogen) atoms. The Bertz CT molecular complexity index is 1230. The molecular formula is C21H20N6O3. The van der Waals surface area contributed by atoms with Gasteiger partial charge in [-0.25, -0.2) is 4.98 Å². The minimum absolute atomic E-state index is 0.0764. The Labute approximate surface area is 172 Å². The Morgan fingerprint density at radius 1 is 1.10 bits per heavy atom. The minimum atomic E-state index is -0.654. The standard InChI is InChI=1S/C21H20N6O3/c1-26-8-10-27(11-9-26)14-3-5-15(6-4-14)29-21-23-12-13-2-7-16-18(20(22)28)25-30-19(16)17(13)24-21/h2-7,12H,8-11H2,1H3,(H2,22,28). The molecule has 3 heterocycles. The van der Waals surface area contributed by atoms with Crippen LogP contribution in [-0.4, -0.2) is 59.2 Å². The molecule has 9 nitrogen and oxygen atoms in total. The fourth-order valence-electron chi connectivity index (χ4n) is 3.60. The van der Waals surface area contributed by atoms with Crippen molar-refractivity contribution >= 4 is 33.5 Å². The maximum atomic E-state index is 11.5. The lowest BCUT2D eigenvalue weighted by Gasteiger charge is -2.34. The summed E-state index contributed by atoms with van der Waals surface area (Å²) in [5.41, 5.74) is 7.47. The van der Waals surface area contributed by atoms with E-state index in [0.717, 1.165) is 37.3 Å². The lowest BCUT2D eigenvalue weighted by molar-refractivity contribution is 0.0993. The first-order valence-electron chi connectivity index (χ1n) is 9.65. The molecule has 5 rings (SSSR count). The Morgan fingerprint density at radius 3 is 2.60 bits per heavy atom. The van der Waals surface area contributed by atoms with Crippen molar-refractivity contribution in [1.29, 1.82) is 0 Å². The second-order valence-electron chi connectivity index (χ2n) is 7.31. The van der Waals surface area contributed by atoms with E-state index < -0.39 is 5.91 Å². The number of carbonyl (C=O) groups is 1. The van der Waals surface area contributed by atoms with Gasteiger partial charge in [-0.15, -0.1) is 0 Å². The van der Waals surface area contributed by atoms with Gasteiger partial charge in [0.15, 0.2) is 11.3 Å². The van der Waals surface area contributed by atoms with Crippen molar-refractivity contribution < 1.29 is 14.1 Å². The summed E-state index contributed by atoms with van der Waals surface area (Å²) >= 11 is 0. The quantitative estimate of drug-likeness (QED) is 0.552. The van der Waals surface area contributed by atoms with Gasteiger partial charge in [0.1, 0.15) is 11.3 Å². The van der Waals surface area contributed by atoms with Crippen LogP contribution in [-0.2, 0) is 0 Å². The highest BCUT2D eigenvalue weighted by atomic mass is 16.5. The Hall–Kier alpha value is -3.72. The van der Waals surface area contributed by atoms with Crippen molar-refractivity contribution in [3.8, 4) is 11.8 Å². The van der Waals surface area contributed by atoms with E-state index in [4.69, 9.17) is 15.0 Å². The predicted molar refractivity (Wildman–Crippen MR) is 112 cm³/mol. The number of amides is 1. The zero-order valence-electron chi connectivity index (χ0n) is 16.4. The highest BCUT2D eigenvalue weighted by Gasteiger charge is 2.17. The van der Waals surface area contributed by atoms with Gasteiger partial charge in [-0.1, -0.05) is 11.2 Å². The molecule has 0 spiro atoms. The number of ether oxygens (including phenoxy) is 1. The Kier molecular flexibility index (Phi) is 4.44. The molecule has 0 aliphatic carbocycles. The van der Waals surface area contributed by atoms with E-state index >= 15 is 0 Å². The third kappa shape index (κ3) is 3.29. The number of hydrogen-bond acceptors (Lipinski definition) is 8. The maximum absolute atomic E-state index is 11.5. The molecule has 4 aromatic rings. The van der Waals surface area contributed by atoms with Gasteiger partial charge in [0.2, 0.25) is 0 Å². The number of likely N-dealkylation sites (N-methyl/N-ethyl adjacent to an activating group) is 1. The molecule has 0 unspecified atom stereocenters. The Morgan fingerprint density at radius 2 is 1.87 bits per heavy atom. The average molecular weight is 404 g/mol. The van der Waals surface area contributed by atoms with E-state index in [2.05, 4.69) is 32.0 Å². The summed E-state index contributed by atoms with van der Waals surface area (Å²) in [6, 6.07) is 11.6. The molecule has 1 fully saturated rings. The van der Waals surface area contributed by atoms with Crippen LogP contribution in [0, 0.1) is 0 Å². The van der Waals surface area contributed by atoms with E-state index in [9.17, 15) is 4.79 Å². The first-order valence-corrected chi connectivity index (χ1v) is 9.65. The summed E-state index contributed by atoms with van der Waals surface area (Å²) in [6.45, 7) is 4.11. The van der Waals surface area contributed by atoms with E-state index in [0.29, 0.717) is 22.2 Å². The van der Waals surface area contributed by atoms with Crippen LogP contribution in [0.5, 0.6) is 11.8 Å². The molecule has 1 aliphatic rings. The topological polar surface area (TPSA) is 111 Å². The molecule has 2 aromatic carbocycles. The summed E-state index contributed by atoms with van der Waals surface area (Å²) < 4.78 is 11.2. The zero-order chi connectivity index (χ0) is 20.7. The normalized spacial score (nSPS) is 15.0. The van der Waals surface area contributed by atoms with Crippen LogP contribution < -0.4 is 15.4 Å². The van der Waals surface area contributed by atoms with Crippen molar-refractivity contribution in [3.05, 3.63) is 48.3 Å². The molecule has 1 saturated heterocycles. The number of nitrogens with zero attached hydrogens (tertiary/aromatic N) is 5. The SMILES string of the molecule is CN1CCN(c2ccc(Oc3ncc4ccc5c(C(N)=O)noc5c4n3)cc2)CC1. The highest BCUT2D eigenvalue weighted by Crippen LogP contribution is 2.29. The number of rotatable bonds is 4. The predicted octanol–water partition coefficient (Wildman–Crippen LogP) is 2.41. The second kappa shape index (κ2) is 7.27. The van der Waals surface area contributed by atoms with E-state index in [-0.39, 0.29) is 11.7 Å². The lowest BCUT2D eigenvalue weighted by atomic mass is 10.1. The van der Waals surface area contributed by atoms with Gasteiger partial charge < -0.3 is 24.8 Å². The number of carbonyl (C=O) groups excluding carboxylic acids is 1. The summed E-state index contributed by atoms with van der Waals surface area (Å²) in [5.74, 6) is -0.0196.